The molecule has 2 aromatic rings. The molecular weight excluding hydrogens is 280 g/mol. The van der Waals surface area contributed by atoms with E-state index in [2.05, 4.69) is 10.6 Å². The zero-order valence-corrected chi connectivity index (χ0v) is 11.5. The van der Waals surface area contributed by atoms with Crippen molar-refractivity contribution in [2.75, 3.05) is 5.32 Å². The molecule has 0 saturated carbocycles. The van der Waals surface area contributed by atoms with Crippen LogP contribution in [0.2, 0.25) is 5.02 Å². The fourth-order valence-corrected chi connectivity index (χ4v) is 1.89. The number of thiocarbonyl (C=S) groups is 1. The lowest BCUT2D eigenvalue weighted by Crippen LogP contribution is -2.33. The number of rotatable bonds is 2. The molecule has 0 aliphatic carbocycles. The monoisotopic (exact) mass is 290 g/mol. The molecular formula is C14H11ClN2OS. The number of carbonyl (C=O) groups excluding carboxylic acids is 1. The van der Waals surface area contributed by atoms with Crippen molar-refractivity contribution in [3.63, 3.8) is 0 Å². The van der Waals surface area contributed by atoms with Gasteiger partial charge in [-0.25, -0.2) is 4.79 Å². The number of nitrogens with one attached hydrogen (secondary N) is 2. The topological polar surface area (TPSA) is 41.1 Å². The Morgan fingerprint density at radius 2 is 1.63 bits per heavy atom. The molecule has 0 fully saturated rings. The Hall–Kier alpha value is -1.91. The average molecular weight is 291 g/mol. The predicted molar refractivity (Wildman–Crippen MR) is 81.7 cm³/mol. The first-order valence-corrected chi connectivity index (χ1v) is 6.37. The Kier molecular flexibility index (Phi) is 4.49. The molecule has 3 nitrogen and oxygen atoms in total. The third kappa shape index (κ3) is 3.77. The first kappa shape index (κ1) is 13.5. The minimum atomic E-state index is -0.415. The van der Waals surface area contributed by atoms with E-state index in [9.17, 15) is 4.79 Å². The molecule has 0 aromatic heterocycles. The molecule has 19 heavy (non-hydrogen) atoms. The van der Waals surface area contributed by atoms with Crippen molar-refractivity contribution < 1.29 is 4.79 Å². The summed E-state index contributed by atoms with van der Waals surface area (Å²) >= 11 is 11.1. The molecule has 0 saturated heterocycles. The second kappa shape index (κ2) is 6.31. The summed E-state index contributed by atoms with van der Waals surface area (Å²) in [4.78, 5) is 12.1. The number of hydrogen-bond donors (Lipinski definition) is 2. The first-order chi connectivity index (χ1) is 9.16. The Bertz CT molecular complexity index is 601. The van der Waals surface area contributed by atoms with E-state index in [1.165, 1.54) is 0 Å². The molecule has 2 N–H and O–H groups in total. The Labute approximate surface area is 121 Å². The first-order valence-electron chi connectivity index (χ1n) is 5.59. The second-order valence-electron chi connectivity index (χ2n) is 3.75. The molecule has 0 bridgehead atoms. The van der Waals surface area contributed by atoms with Gasteiger partial charge in [-0.15, -0.1) is 0 Å². The molecule has 0 aliphatic rings. The van der Waals surface area contributed by atoms with Gasteiger partial charge in [-0.05, 0) is 12.1 Å². The van der Waals surface area contributed by atoms with Gasteiger partial charge in [0.25, 0.3) is 0 Å². The highest BCUT2D eigenvalue weighted by Crippen LogP contribution is 2.20. The molecule has 2 amide bonds. The molecule has 0 unspecified atom stereocenters. The van der Waals surface area contributed by atoms with Gasteiger partial charge in [0.05, 0.1) is 10.7 Å². The van der Waals surface area contributed by atoms with E-state index < -0.39 is 6.03 Å². The minimum Gasteiger partial charge on any atom is -0.306 e. The molecule has 0 radical (unpaired) electrons. The summed E-state index contributed by atoms with van der Waals surface area (Å²) in [6, 6.07) is 15.8. The number of para-hydroxylation sites is 1. The molecule has 2 rings (SSSR count). The minimum absolute atomic E-state index is 0.366. The predicted octanol–water partition coefficient (Wildman–Crippen LogP) is 3.84. The highest BCUT2D eigenvalue weighted by Gasteiger charge is 2.07. The van der Waals surface area contributed by atoms with Gasteiger partial charge in [-0.2, -0.15) is 0 Å². The van der Waals surface area contributed by atoms with Crippen LogP contribution >= 0.6 is 23.8 Å². The van der Waals surface area contributed by atoms with Crippen LogP contribution < -0.4 is 10.6 Å². The molecule has 2 aromatic carbocycles. The van der Waals surface area contributed by atoms with Crippen LogP contribution in [-0.4, -0.2) is 11.0 Å². The lowest BCUT2D eigenvalue weighted by Gasteiger charge is -2.09. The van der Waals surface area contributed by atoms with Gasteiger partial charge in [0.15, 0.2) is 0 Å². The van der Waals surface area contributed by atoms with E-state index in [1.54, 1.807) is 24.3 Å². The Morgan fingerprint density at radius 3 is 2.32 bits per heavy atom. The Balaban J connectivity index is 1.99. The normalized spacial score (nSPS) is 9.74. The van der Waals surface area contributed by atoms with Gasteiger partial charge in [0, 0.05) is 5.56 Å². The number of carbonyl (C=O) groups is 1. The van der Waals surface area contributed by atoms with E-state index in [0.717, 1.165) is 5.56 Å². The summed E-state index contributed by atoms with van der Waals surface area (Å²) < 4.78 is 0. The number of urea groups is 1. The summed E-state index contributed by atoms with van der Waals surface area (Å²) in [6.45, 7) is 0. The van der Waals surface area contributed by atoms with E-state index in [-0.39, 0.29) is 0 Å². The fourth-order valence-electron chi connectivity index (χ4n) is 1.48. The maximum Gasteiger partial charge on any atom is 0.324 e. The van der Waals surface area contributed by atoms with E-state index in [1.807, 2.05) is 30.3 Å². The van der Waals surface area contributed by atoms with Crippen LogP contribution in [0.3, 0.4) is 0 Å². The van der Waals surface area contributed by atoms with Crippen molar-refractivity contribution in [3.05, 3.63) is 65.2 Å². The van der Waals surface area contributed by atoms with E-state index >= 15 is 0 Å². The molecule has 0 heterocycles. The largest absolute Gasteiger partial charge is 0.324 e. The van der Waals surface area contributed by atoms with Crippen molar-refractivity contribution in [2.24, 2.45) is 0 Å². The van der Waals surface area contributed by atoms with Gasteiger partial charge >= 0.3 is 6.03 Å². The van der Waals surface area contributed by atoms with Crippen molar-refractivity contribution in [1.29, 1.82) is 0 Å². The van der Waals surface area contributed by atoms with Crippen LogP contribution in [0.15, 0.2) is 54.6 Å². The standard InChI is InChI=1S/C14H11ClN2OS/c15-11-8-4-5-9-12(11)16-14(18)17-13(19)10-6-2-1-3-7-10/h1-9H,(H2,16,17,18,19). The van der Waals surface area contributed by atoms with Crippen LogP contribution in [0.5, 0.6) is 0 Å². The quantitative estimate of drug-likeness (QED) is 0.825. The van der Waals surface area contributed by atoms with Crippen LogP contribution in [0, 0.1) is 0 Å². The van der Waals surface area contributed by atoms with Crippen molar-refractivity contribution in [2.45, 2.75) is 0 Å². The van der Waals surface area contributed by atoms with Crippen molar-refractivity contribution in [3.8, 4) is 0 Å². The Morgan fingerprint density at radius 1 is 1.00 bits per heavy atom. The maximum atomic E-state index is 11.8. The van der Waals surface area contributed by atoms with E-state index in [0.29, 0.717) is 15.7 Å². The molecule has 96 valence electrons. The lowest BCUT2D eigenvalue weighted by atomic mass is 10.2. The van der Waals surface area contributed by atoms with Crippen LogP contribution in [0.25, 0.3) is 0 Å². The number of amides is 2. The third-order valence-corrected chi connectivity index (χ3v) is 3.05. The summed E-state index contributed by atoms with van der Waals surface area (Å²) in [7, 11) is 0. The molecule has 0 spiro atoms. The SMILES string of the molecule is O=C(NC(=S)c1ccccc1)Nc1ccccc1Cl. The second-order valence-corrected chi connectivity index (χ2v) is 4.57. The van der Waals surface area contributed by atoms with Crippen LogP contribution in [-0.2, 0) is 0 Å². The van der Waals surface area contributed by atoms with Gasteiger partial charge in [0.2, 0.25) is 0 Å². The summed E-state index contributed by atoms with van der Waals surface area (Å²) in [5.74, 6) is 0. The van der Waals surface area contributed by atoms with Crippen molar-refractivity contribution in [1.82, 2.24) is 5.32 Å². The van der Waals surface area contributed by atoms with E-state index in [4.69, 9.17) is 23.8 Å². The number of benzene rings is 2. The molecule has 5 heteroatoms. The highest BCUT2D eigenvalue weighted by molar-refractivity contribution is 7.80. The zero-order chi connectivity index (χ0) is 13.7. The summed E-state index contributed by atoms with van der Waals surface area (Å²) in [5, 5.41) is 5.71. The maximum absolute atomic E-state index is 11.8. The van der Waals surface area contributed by atoms with Gasteiger partial charge in [-0.3, -0.25) is 5.32 Å². The molecule has 0 atom stereocenters. The number of hydrogen-bond acceptors (Lipinski definition) is 2. The number of anilines is 1. The van der Waals surface area contributed by atoms with Gasteiger partial charge in [-0.1, -0.05) is 66.3 Å². The van der Waals surface area contributed by atoms with Crippen LogP contribution in [0.4, 0.5) is 10.5 Å². The average Bonchev–Trinajstić information content (AvgIpc) is 2.42. The summed E-state index contributed by atoms with van der Waals surface area (Å²) in [5.41, 5.74) is 1.32. The summed E-state index contributed by atoms with van der Waals surface area (Å²) in [6.07, 6.45) is 0. The highest BCUT2D eigenvalue weighted by atomic mass is 35.5. The van der Waals surface area contributed by atoms with Gasteiger partial charge in [0.1, 0.15) is 4.99 Å². The number of halogens is 1. The molecule has 0 aliphatic heterocycles. The van der Waals surface area contributed by atoms with Crippen LogP contribution in [0.1, 0.15) is 5.56 Å². The third-order valence-electron chi connectivity index (χ3n) is 2.39. The zero-order valence-electron chi connectivity index (χ0n) is 9.89. The van der Waals surface area contributed by atoms with Crippen molar-refractivity contribution >= 4 is 40.5 Å². The van der Waals surface area contributed by atoms with Gasteiger partial charge < -0.3 is 5.32 Å². The smallest absolute Gasteiger partial charge is 0.306 e. The lowest BCUT2D eigenvalue weighted by molar-refractivity contribution is 0.256. The fraction of sp³-hybridized carbons (Fsp3) is 0.